The van der Waals surface area contributed by atoms with Crippen molar-refractivity contribution in [2.45, 2.75) is 45.4 Å². The molecule has 7 nitrogen and oxygen atoms in total. The number of carbonyl (C=O) groups is 1. The maximum Gasteiger partial charge on any atom is 0.226 e. The normalized spacial score (nSPS) is 26.1. The predicted octanol–water partition coefficient (Wildman–Crippen LogP) is 4.50. The number of fused-ring (bicyclic) bond motifs is 3. The van der Waals surface area contributed by atoms with E-state index in [1.165, 1.54) is 6.07 Å². The molecule has 3 atom stereocenters. The summed E-state index contributed by atoms with van der Waals surface area (Å²) in [6.07, 6.45) is 1.89. The Morgan fingerprint density at radius 1 is 1.23 bits per heavy atom. The van der Waals surface area contributed by atoms with E-state index < -0.39 is 5.41 Å². The van der Waals surface area contributed by atoms with Crippen LogP contribution in [0.3, 0.4) is 0 Å². The summed E-state index contributed by atoms with van der Waals surface area (Å²) in [5.74, 6) is 0.404. The van der Waals surface area contributed by atoms with Crippen molar-refractivity contribution in [2.24, 2.45) is 11.8 Å². The number of halogens is 1. The van der Waals surface area contributed by atoms with Gasteiger partial charge in [0.1, 0.15) is 5.82 Å². The van der Waals surface area contributed by atoms with Gasteiger partial charge in [-0.25, -0.2) is 19.2 Å². The molecule has 0 spiro atoms. The van der Waals surface area contributed by atoms with E-state index in [4.69, 9.17) is 16.5 Å². The van der Waals surface area contributed by atoms with Crippen LogP contribution in [-0.2, 0) is 16.6 Å². The van der Waals surface area contributed by atoms with E-state index in [0.29, 0.717) is 61.9 Å². The number of benzene rings is 1. The van der Waals surface area contributed by atoms with Crippen LogP contribution in [-0.4, -0.2) is 52.1 Å². The number of carbonyl (C=O) groups excluding carboxylic acids is 1. The number of anilines is 1. The second kappa shape index (κ2) is 8.63. The largest absolute Gasteiger partial charge is 0.523 e. The van der Waals surface area contributed by atoms with Crippen molar-refractivity contribution in [3.8, 4) is 11.3 Å². The van der Waals surface area contributed by atoms with E-state index in [1.807, 2.05) is 17.9 Å². The van der Waals surface area contributed by atoms with E-state index in [1.54, 1.807) is 19.1 Å². The Morgan fingerprint density at radius 2 is 1.94 bits per heavy atom. The van der Waals surface area contributed by atoms with Crippen molar-refractivity contribution >= 4 is 11.9 Å². The zero-order chi connectivity index (χ0) is 24.9. The third-order valence-corrected chi connectivity index (χ3v) is 8.20. The van der Waals surface area contributed by atoms with Crippen LogP contribution < -0.4 is 4.90 Å². The monoisotopic (exact) mass is 475 g/mol. The van der Waals surface area contributed by atoms with E-state index in [0.717, 1.165) is 17.7 Å². The Morgan fingerprint density at radius 3 is 2.60 bits per heavy atom. The second-order valence-electron chi connectivity index (χ2n) is 10.1. The van der Waals surface area contributed by atoms with E-state index in [2.05, 4.69) is 16.7 Å². The molecule has 182 valence electrons. The third-order valence-electron chi connectivity index (χ3n) is 8.20. The lowest BCUT2D eigenvalue weighted by atomic mass is 9.57. The van der Waals surface area contributed by atoms with Crippen molar-refractivity contribution in [1.29, 1.82) is 0 Å². The Hall–Kier alpha value is -3.47. The maximum atomic E-state index is 15.0. The average molecular weight is 476 g/mol. The highest BCUT2D eigenvalue weighted by molar-refractivity contribution is 5.73. The van der Waals surface area contributed by atoms with Gasteiger partial charge in [0.15, 0.2) is 0 Å². The van der Waals surface area contributed by atoms with Gasteiger partial charge in [0, 0.05) is 55.6 Å². The number of rotatable bonds is 2. The minimum atomic E-state index is -0.474. The Balaban J connectivity index is 1.67. The van der Waals surface area contributed by atoms with Gasteiger partial charge < -0.3 is 14.9 Å². The lowest BCUT2D eigenvalue weighted by Crippen LogP contribution is -2.49. The summed E-state index contributed by atoms with van der Waals surface area (Å²) >= 11 is 0. The molecule has 1 aliphatic heterocycles. The molecule has 0 unspecified atom stereocenters. The standard InChI is InChI=1S/C27H30FN5O2/c1-16-20-10-9-19-23(18-7-5-6-8-21(18)28)30-26(33-13-11-32(12-14-33)17(2)34)31-25(19)27(20,3)15-22(29-4)24(16)35/h5-8,16,20,35H,9-15H2,1-3H3/t16-,20-,27-/m1/s1. The first-order valence-electron chi connectivity index (χ1n) is 12.2. The van der Waals surface area contributed by atoms with Gasteiger partial charge in [0.25, 0.3) is 0 Å². The van der Waals surface area contributed by atoms with Gasteiger partial charge in [-0.2, -0.15) is 0 Å². The molecule has 35 heavy (non-hydrogen) atoms. The lowest BCUT2D eigenvalue weighted by molar-refractivity contribution is -0.129. The van der Waals surface area contributed by atoms with Crippen molar-refractivity contribution in [2.75, 3.05) is 31.1 Å². The molecule has 1 saturated heterocycles. The van der Waals surface area contributed by atoms with Crippen LogP contribution in [0.1, 0.15) is 44.9 Å². The number of hydrogen-bond acceptors (Lipinski definition) is 5. The highest BCUT2D eigenvalue weighted by Crippen LogP contribution is 2.54. The molecule has 1 fully saturated rings. The van der Waals surface area contributed by atoms with Crippen molar-refractivity contribution < 1.29 is 14.3 Å². The summed E-state index contributed by atoms with van der Waals surface area (Å²) in [5, 5.41) is 10.7. The van der Waals surface area contributed by atoms with Crippen LogP contribution in [0.5, 0.6) is 0 Å². The first-order chi connectivity index (χ1) is 16.7. The molecule has 1 amide bonds. The predicted molar refractivity (Wildman–Crippen MR) is 131 cm³/mol. The van der Waals surface area contributed by atoms with E-state index >= 15 is 4.39 Å². The summed E-state index contributed by atoms with van der Waals surface area (Å²) in [6, 6.07) is 6.68. The number of aromatic nitrogens is 2. The fraction of sp³-hybridized carbons (Fsp3) is 0.481. The number of amides is 1. The average Bonchev–Trinajstić information content (AvgIpc) is 2.86. The van der Waals surface area contributed by atoms with Crippen LogP contribution >= 0.6 is 0 Å². The highest BCUT2D eigenvalue weighted by Gasteiger charge is 2.50. The van der Waals surface area contributed by atoms with E-state index in [-0.39, 0.29) is 29.3 Å². The van der Waals surface area contributed by atoms with Gasteiger partial charge in [-0.05, 0) is 37.3 Å². The van der Waals surface area contributed by atoms with Crippen molar-refractivity contribution in [1.82, 2.24) is 14.9 Å². The van der Waals surface area contributed by atoms with E-state index in [9.17, 15) is 9.90 Å². The van der Waals surface area contributed by atoms with Crippen LogP contribution in [0.4, 0.5) is 10.3 Å². The van der Waals surface area contributed by atoms with Gasteiger partial charge in [0.05, 0.1) is 23.7 Å². The van der Waals surface area contributed by atoms with Crippen LogP contribution in [0.25, 0.3) is 16.1 Å². The molecular formula is C27H30FN5O2. The maximum absolute atomic E-state index is 15.0. The molecule has 2 aliphatic carbocycles. The molecule has 0 saturated carbocycles. The molecule has 1 aromatic carbocycles. The summed E-state index contributed by atoms with van der Waals surface area (Å²) < 4.78 is 15.0. The molecule has 2 aromatic rings. The summed E-state index contributed by atoms with van der Waals surface area (Å²) in [5.41, 5.74) is 2.74. The minimum absolute atomic E-state index is 0.0490. The smallest absolute Gasteiger partial charge is 0.226 e. The molecular weight excluding hydrogens is 445 g/mol. The fourth-order valence-electron chi connectivity index (χ4n) is 6.22. The third kappa shape index (κ3) is 3.74. The number of piperazine rings is 1. The Kier molecular flexibility index (Phi) is 5.74. The van der Waals surface area contributed by atoms with Gasteiger partial charge >= 0.3 is 0 Å². The first kappa shape index (κ1) is 23.3. The van der Waals surface area contributed by atoms with Crippen molar-refractivity contribution in [3.05, 3.63) is 64.2 Å². The topological polar surface area (TPSA) is 73.9 Å². The highest BCUT2D eigenvalue weighted by atomic mass is 19.1. The van der Waals surface area contributed by atoms with Crippen LogP contribution in [0.2, 0.25) is 0 Å². The zero-order valence-electron chi connectivity index (χ0n) is 20.4. The number of allylic oxidation sites excluding steroid dienone is 2. The SMILES string of the molecule is [C-]#[N+]C1=C(O)[C@H](C)[C@H]2CCc3c(-c4ccccc4F)nc(N4CCN(C(C)=O)CC4)nc3[C@]2(C)C1. The quantitative estimate of drug-likeness (QED) is 0.648. The zero-order valence-corrected chi connectivity index (χ0v) is 20.4. The number of nitrogens with zero attached hydrogens (tertiary/aromatic N) is 5. The Labute approximate surface area is 205 Å². The number of hydrogen-bond donors (Lipinski definition) is 1. The molecule has 8 heteroatoms. The second-order valence-corrected chi connectivity index (χ2v) is 10.1. The summed E-state index contributed by atoms with van der Waals surface area (Å²) in [6.45, 7) is 15.7. The fourth-order valence-corrected chi connectivity index (χ4v) is 6.22. The van der Waals surface area contributed by atoms with Crippen molar-refractivity contribution in [3.63, 3.8) is 0 Å². The van der Waals surface area contributed by atoms with Gasteiger partial charge in [0.2, 0.25) is 17.6 Å². The lowest BCUT2D eigenvalue weighted by Gasteiger charge is -2.48. The molecule has 0 bridgehead atoms. The van der Waals surface area contributed by atoms with Crippen LogP contribution in [0.15, 0.2) is 35.7 Å². The summed E-state index contributed by atoms with van der Waals surface area (Å²) in [7, 11) is 0. The van der Waals surface area contributed by atoms with Gasteiger partial charge in [-0.1, -0.05) is 26.0 Å². The van der Waals surface area contributed by atoms with Gasteiger partial charge in [-0.3, -0.25) is 4.79 Å². The summed E-state index contributed by atoms with van der Waals surface area (Å²) in [4.78, 5) is 29.3. The molecule has 0 radical (unpaired) electrons. The molecule has 2 heterocycles. The molecule has 3 aliphatic rings. The number of aliphatic hydroxyl groups excluding tert-OH is 1. The molecule has 1 N–H and O–H groups in total. The first-order valence-corrected chi connectivity index (χ1v) is 12.2. The molecule has 1 aromatic heterocycles. The Bertz CT molecular complexity index is 1260. The van der Waals surface area contributed by atoms with Gasteiger partial charge in [-0.15, -0.1) is 0 Å². The number of aliphatic hydroxyl groups is 1. The minimum Gasteiger partial charge on any atom is -0.523 e. The molecule has 5 rings (SSSR count). The van der Waals surface area contributed by atoms with Crippen LogP contribution in [0, 0.1) is 24.2 Å².